The summed E-state index contributed by atoms with van der Waals surface area (Å²) in [6.07, 6.45) is 7.42. The van der Waals surface area contributed by atoms with Crippen LogP contribution in [0.1, 0.15) is 55.2 Å². The molecule has 0 unspecified atom stereocenters. The molecule has 236 valence electrons. The Morgan fingerprint density at radius 1 is 0.841 bits per heavy atom. The molecule has 0 aliphatic heterocycles. The van der Waals surface area contributed by atoms with E-state index in [9.17, 15) is 18.3 Å². The van der Waals surface area contributed by atoms with Crippen molar-refractivity contribution in [2.24, 2.45) is 0 Å². The number of hydrogen-bond donors (Lipinski definition) is 2. The third-order valence-electron chi connectivity index (χ3n) is 7.44. The Bertz CT molecular complexity index is 1370. The van der Waals surface area contributed by atoms with Crippen molar-refractivity contribution < 1.29 is 32.9 Å². The van der Waals surface area contributed by atoms with Crippen LogP contribution in [0.25, 0.3) is 27.8 Å². The number of aliphatic hydroxyl groups is 2. The fourth-order valence-electron chi connectivity index (χ4n) is 5.17. The van der Waals surface area contributed by atoms with Gasteiger partial charge in [0.05, 0.1) is 12.9 Å². The maximum atomic E-state index is 12.6. The molecule has 0 saturated heterocycles. The number of unbranched alkanes of at least 4 members (excludes halogenated alkanes) is 3. The van der Waals surface area contributed by atoms with Gasteiger partial charge in [0.2, 0.25) is 0 Å². The van der Waals surface area contributed by atoms with E-state index < -0.39 is 12.6 Å². The first kappa shape index (κ1) is 34.7. The fraction of sp³-hybridized carbons (Fsp3) is 0.351. The smallest absolute Gasteiger partial charge is 0.389 e. The second-order valence-electron chi connectivity index (χ2n) is 10.6. The summed E-state index contributed by atoms with van der Waals surface area (Å²) < 4.78 is 48.4. The molecule has 0 radical (unpaired) electrons. The summed E-state index contributed by atoms with van der Waals surface area (Å²) in [5.74, 6) is 0.688. The monoisotopic (exact) mass is 608 g/mol. The lowest BCUT2D eigenvalue weighted by atomic mass is 9.87. The third kappa shape index (κ3) is 11.0. The second-order valence-corrected chi connectivity index (χ2v) is 10.6. The van der Waals surface area contributed by atoms with Crippen LogP contribution in [0.3, 0.4) is 0 Å². The highest BCUT2D eigenvalue weighted by molar-refractivity contribution is 5.80. The van der Waals surface area contributed by atoms with Gasteiger partial charge in [0.15, 0.2) is 0 Å². The molecule has 3 rings (SSSR count). The quantitative estimate of drug-likeness (QED) is 0.0910. The van der Waals surface area contributed by atoms with Gasteiger partial charge in [0.25, 0.3) is 0 Å². The first-order valence-electron chi connectivity index (χ1n) is 15.1. The number of aliphatic hydroxyl groups excluding tert-OH is 2. The molecular weight excluding hydrogens is 565 g/mol. The lowest BCUT2D eigenvalue weighted by Gasteiger charge is -2.18. The average molecular weight is 609 g/mol. The van der Waals surface area contributed by atoms with Crippen molar-refractivity contribution in [1.82, 2.24) is 0 Å². The van der Waals surface area contributed by atoms with Crippen molar-refractivity contribution in [3.63, 3.8) is 0 Å². The topological polar surface area (TPSA) is 58.9 Å². The zero-order valence-electron chi connectivity index (χ0n) is 25.6. The van der Waals surface area contributed by atoms with Crippen LogP contribution in [-0.4, -0.2) is 43.3 Å². The number of ether oxygens (including phenoxy) is 2. The normalized spacial score (nSPS) is 12.5. The molecule has 44 heavy (non-hydrogen) atoms. The Balaban J connectivity index is 1.91. The van der Waals surface area contributed by atoms with E-state index in [1.54, 1.807) is 13.2 Å². The molecule has 3 aromatic rings. The molecule has 0 fully saturated rings. The minimum absolute atomic E-state index is 0.0503. The van der Waals surface area contributed by atoms with Gasteiger partial charge < -0.3 is 19.7 Å². The first-order chi connectivity index (χ1) is 21.3. The summed E-state index contributed by atoms with van der Waals surface area (Å²) in [6.45, 7) is 2.92. The van der Waals surface area contributed by atoms with Crippen molar-refractivity contribution in [3.05, 3.63) is 108 Å². The van der Waals surface area contributed by atoms with Crippen LogP contribution >= 0.6 is 0 Å². The van der Waals surface area contributed by atoms with Gasteiger partial charge in [-0.05, 0) is 95.3 Å². The van der Waals surface area contributed by atoms with E-state index in [-0.39, 0.29) is 19.6 Å². The molecular formula is C37H43F3O4. The van der Waals surface area contributed by atoms with Gasteiger partial charge in [-0.3, -0.25) is 0 Å². The summed E-state index contributed by atoms with van der Waals surface area (Å²) in [5, 5.41) is 18.2. The maximum absolute atomic E-state index is 12.6. The highest BCUT2D eigenvalue weighted by Gasteiger charge is 2.25. The number of hydrogen-bond acceptors (Lipinski definition) is 4. The molecule has 7 heteroatoms. The van der Waals surface area contributed by atoms with Crippen molar-refractivity contribution in [2.45, 2.75) is 58.0 Å². The zero-order valence-corrected chi connectivity index (χ0v) is 25.6. The van der Waals surface area contributed by atoms with E-state index in [1.807, 2.05) is 42.5 Å². The highest BCUT2D eigenvalue weighted by Crippen LogP contribution is 2.36. The molecule has 3 aromatic carbocycles. The van der Waals surface area contributed by atoms with Crippen LogP contribution in [0.2, 0.25) is 0 Å². The van der Waals surface area contributed by atoms with Gasteiger partial charge in [-0.2, -0.15) is 13.2 Å². The van der Waals surface area contributed by atoms with Crippen molar-refractivity contribution in [1.29, 1.82) is 0 Å². The zero-order chi connectivity index (χ0) is 31.8. The fourth-order valence-corrected chi connectivity index (χ4v) is 5.17. The molecule has 0 aliphatic rings. The molecule has 0 aliphatic carbocycles. The predicted octanol–water partition coefficient (Wildman–Crippen LogP) is 9.80. The van der Waals surface area contributed by atoms with Crippen LogP contribution in [-0.2, 0) is 11.2 Å². The summed E-state index contributed by atoms with van der Waals surface area (Å²) in [7, 11) is 1.67. The number of halogens is 3. The van der Waals surface area contributed by atoms with Gasteiger partial charge in [-0.15, -0.1) is 0 Å². The van der Waals surface area contributed by atoms with Gasteiger partial charge in [0, 0.05) is 20.1 Å². The highest BCUT2D eigenvalue weighted by atomic mass is 19.4. The van der Waals surface area contributed by atoms with E-state index in [0.29, 0.717) is 18.8 Å². The Kier molecular flexibility index (Phi) is 14.3. The Hall–Kier alpha value is -3.81. The summed E-state index contributed by atoms with van der Waals surface area (Å²) in [5.41, 5.74) is 8.58. The third-order valence-corrected chi connectivity index (χ3v) is 7.44. The molecule has 0 aromatic heterocycles. The Labute approximate surface area is 259 Å². The molecule has 0 heterocycles. The van der Waals surface area contributed by atoms with Gasteiger partial charge in [0.1, 0.15) is 12.4 Å². The minimum Gasteiger partial charge on any atom is -0.516 e. The SMILES string of the molecule is COCC\C=C/C(=C\C=C\O)c1ccc(-c2ccc(-c3ccc(OCCO)cc3)c(C)c2CCCCCCC(F)(F)F)cc1. The van der Waals surface area contributed by atoms with Crippen molar-refractivity contribution in [2.75, 3.05) is 26.9 Å². The summed E-state index contributed by atoms with van der Waals surface area (Å²) in [4.78, 5) is 0. The number of allylic oxidation sites excluding steroid dienone is 4. The van der Waals surface area contributed by atoms with Crippen LogP contribution in [0, 0.1) is 6.92 Å². The largest absolute Gasteiger partial charge is 0.516 e. The Morgan fingerprint density at radius 2 is 1.50 bits per heavy atom. The van der Waals surface area contributed by atoms with Crippen LogP contribution in [0.5, 0.6) is 5.75 Å². The summed E-state index contributed by atoms with van der Waals surface area (Å²) in [6, 6.07) is 20.3. The molecule has 0 saturated carbocycles. The molecule has 2 N–H and O–H groups in total. The first-order valence-corrected chi connectivity index (χ1v) is 15.1. The summed E-state index contributed by atoms with van der Waals surface area (Å²) >= 11 is 0. The number of benzene rings is 3. The molecule has 4 nitrogen and oxygen atoms in total. The van der Waals surface area contributed by atoms with Crippen LogP contribution in [0.4, 0.5) is 13.2 Å². The van der Waals surface area contributed by atoms with Gasteiger partial charge >= 0.3 is 6.18 Å². The lowest BCUT2D eigenvalue weighted by molar-refractivity contribution is -0.135. The molecule has 0 bridgehead atoms. The van der Waals surface area contributed by atoms with Gasteiger partial charge in [-0.25, -0.2) is 0 Å². The predicted molar refractivity (Wildman–Crippen MR) is 173 cm³/mol. The second kappa shape index (κ2) is 18.1. The minimum atomic E-state index is -4.11. The van der Waals surface area contributed by atoms with E-state index in [4.69, 9.17) is 14.6 Å². The molecule has 0 atom stereocenters. The van der Waals surface area contributed by atoms with Gasteiger partial charge in [-0.1, -0.05) is 79.6 Å². The molecule has 0 spiro atoms. The van der Waals surface area contributed by atoms with E-state index in [0.717, 1.165) is 70.9 Å². The van der Waals surface area contributed by atoms with E-state index >= 15 is 0 Å². The van der Waals surface area contributed by atoms with Crippen LogP contribution < -0.4 is 4.74 Å². The maximum Gasteiger partial charge on any atom is 0.389 e. The van der Waals surface area contributed by atoms with E-state index in [2.05, 4.69) is 43.3 Å². The standard InChI is InChI=1S/C37H43F3O4/c1-28-34(31-17-19-33(20-18-31)44-27-25-42)21-22-36(35(28)12-5-3-4-7-23-37(38,39)40)32-15-13-30(14-16-32)29(11-9-24-41)10-6-8-26-43-2/h6,9-11,13-22,24,41-42H,3-5,7-8,12,23,25-27H2,1-2H3/b10-6-,24-9+,29-11+. The van der Waals surface area contributed by atoms with Crippen molar-refractivity contribution >= 4 is 5.57 Å². The lowest BCUT2D eigenvalue weighted by Crippen LogP contribution is -2.06. The van der Waals surface area contributed by atoms with E-state index in [1.165, 1.54) is 5.56 Å². The number of rotatable bonds is 17. The van der Waals surface area contributed by atoms with Crippen molar-refractivity contribution in [3.8, 4) is 28.0 Å². The molecule has 0 amide bonds. The number of alkyl halides is 3. The van der Waals surface area contributed by atoms with Crippen LogP contribution in [0.15, 0.2) is 91.2 Å². The number of methoxy groups -OCH3 is 1. The Morgan fingerprint density at radius 3 is 2.16 bits per heavy atom. The average Bonchev–Trinajstić information content (AvgIpc) is 3.02.